The number of primary amides is 1. The van der Waals surface area contributed by atoms with E-state index in [2.05, 4.69) is 10.4 Å². The molecule has 1 aromatic heterocycles. The highest BCUT2D eigenvalue weighted by Crippen LogP contribution is 2.32. The maximum atomic E-state index is 11.1. The van der Waals surface area contributed by atoms with Crippen LogP contribution in [0.2, 0.25) is 0 Å². The van der Waals surface area contributed by atoms with Crippen LogP contribution in [-0.4, -0.2) is 27.2 Å². The first-order valence-corrected chi connectivity index (χ1v) is 6.08. The molecule has 0 aromatic carbocycles. The van der Waals surface area contributed by atoms with Gasteiger partial charge in [-0.2, -0.15) is 5.10 Å². The minimum atomic E-state index is -0.432. The number of rotatable bonds is 7. The van der Waals surface area contributed by atoms with Crippen LogP contribution in [0.3, 0.4) is 0 Å². The fraction of sp³-hybridized carbons (Fsp3) is 0.636. The van der Waals surface area contributed by atoms with Gasteiger partial charge in [0, 0.05) is 25.9 Å². The van der Waals surface area contributed by atoms with Crippen molar-refractivity contribution in [3.63, 3.8) is 0 Å². The standard InChI is InChI=1S/C11H19N5O3/c1-7(2)9-10(16(18)19)11(15(3)14-9)13-6-4-5-8(12)17/h7,13H,4-6H2,1-3H3,(H2,12,17). The van der Waals surface area contributed by atoms with Crippen molar-refractivity contribution in [3.05, 3.63) is 15.8 Å². The van der Waals surface area contributed by atoms with Gasteiger partial charge in [-0.1, -0.05) is 13.8 Å². The zero-order valence-corrected chi connectivity index (χ0v) is 11.3. The Balaban J connectivity index is 2.87. The number of carbonyl (C=O) groups excluding carboxylic acids is 1. The topological polar surface area (TPSA) is 116 Å². The van der Waals surface area contributed by atoms with Crippen molar-refractivity contribution in [1.29, 1.82) is 0 Å². The summed E-state index contributed by atoms with van der Waals surface area (Å²) in [6.45, 7) is 4.14. The van der Waals surface area contributed by atoms with Gasteiger partial charge in [-0.05, 0) is 6.42 Å². The summed E-state index contributed by atoms with van der Waals surface area (Å²) in [5.74, 6) is -0.0601. The SMILES string of the molecule is CC(C)c1nn(C)c(NCCCC(N)=O)c1[N+](=O)[O-]. The van der Waals surface area contributed by atoms with Crippen molar-refractivity contribution in [1.82, 2.24) is 9.78 Å². The molecule has 0 aliphatic rings. The lowest BCUT2D eigenvalue weighted by molar-refractivity contribution is -0.384. The largest absolute Gasteiger partial charge is 0.370 e. The van der Waals surface area contributed by atoms with E-state index in [1.54, 1.807) is 7.05 Å². The summed E-state index contributed by atoms with van der Waals surface area (Å²) in [4.78, 5) is 21.3. The van der Waals surface area contributed by atoms with Crippen molar-refractivity contribution in [2.24, 2.45) is 12.8 Å². The lowest BCUT2D eigenvalue weighted by atomic mass is 10.1. The third-order valence-corrected chi connectivity index (χ3v) is 2.67. The molecule has 0 fully saturated rings. The molecule has 0 saturated heterocycles. The molecule has 0 aliphatic carbocycles. The molecule has 1 rings (SSSR count). The van der Waals surface area contributed by atoms with Crippen LogP contribution >= 0.6 is 0 Å². The van der Waals surface area contributed by atoms with E-state index in [9.17, 15) is 14.9 Å². The van der Waals surface area contributed by atoms with Gasteiger partial charge in [0.2, 0.25) is 11.7 Å². The fourth-order valence-electron chi connectivity index (χ4n) is 1.77. The Morgan fingerprint density at radius 1 is 1.58 bits per heavy atom. The first-order chi connectivity index (χ1) is 8.84. The van der Waals surface area contributed by atoms with Gasteiger partial charge in [0.1, 0.15) is 5.69 Å². The van der Waals surface area contributed by atoms with E-state index in [1.165, 1.54) is 4.68 Å². The number of aromatic nitrogens is 2. The van der Waals surface area contributed by atoms with Crippen molar-refractivity contribution in [2.45, 2.75) is 32.6 Å². The monoisotopic (exact) mass is 269 g/mol. The summed E-state index contributed by atoms with van der Waals surface area (Å²) < 4.78 is 1.46. The Kier molecular flexibility index (Phi) is 4.85. The molecule has 0 saturated carbocycles. The Bertz CT molecular complexity index is 481. The highest BCUT2D eigenvalue weighted by molar-refractivity contribution is 5.73. The Labute approximate surface area is 111 Å². The maximum absolute atomic E-state index is 11.1. The zero-order chi connectivity index (χ0) is 14.6. The number of hydrogen-bond acceptors (Lipinski definition) is 5. The summed E-state index contributed by atoms with van der Waals surface area (Å²) >= 11 is 0. The number of amides is 1. The van der Waals surface area contributed by atoms with E-state index >= 15 is 0 Å². The normalized spacial score (nSPS) is 10.7. The number of carbonyl (C=O) groups is 1. The molecule has 19 heavy (non-hydrogen) atoms. The number of nitrogens with two attached hydrogens (primary N) is 1. The molecule has 8 nitrogen and oxygen atoms in total. The molecule has 0 spiro atoms. The molecule has 3 N–H and O–H groups in total. The van der Waals surface area contributed by atoms with Crippen LogP contribution in [0, 0.1) is 10.1 Å². The molecule has 0 bridgehead atoms. The van der Waals surface area contributed by atoms with Crippen LogP contribution in [0.1, 0.15) is 38.3 Å². The van der Waals surface area contributed by atoms with E-state index in [0.29, 0.717) is 24.5 Å². The fourth-order valence-corrected chi connectivity index (χ4v) is 1.77. The Hall–Kier alpha value is -2.12. The molecule has 1 heterocycles. The first kappa shape index (κ1) is 14.9. The van der Waals surface area contributed by atoms with E-state index in [4.69, 9.17) is 5.73 Å². The van der Waals surface area contributed by atoms with Crippen molar-refractivity contribution in [2.75, 3.05) is 11.9 Å². The number of nitrogens with one attached hydrogen (secondary N) is 1. The average molecular weight is 269 g/mol. The van der Waals surface area contributed by atoms with Gasteiger partial charge in [0.25, 0.3) is 0 Å². The molecular weight excluding hydrogens is 250 g/mol. The van der Waals surface area contributed by atoms with Gasteiger partial charge < -0.3 is 11.1 Å². The van der Waals surface area contributed by atoms with Gasteiger partial charge in [-0.25, -0.2) is 4.68 Å². The molecule has 1 aromatic rings. The summed E-state index contributed by atoms with van der Waals surface area (Å²) in [5, 5.41) is 18.2. The third kappa shape index (κ3) is 3.67. The highest BCUT2D eigenvalue weighted by atomic mass is 16.6. The second-order valence-electron chi connectivity index (χ2n) is 4.61. The van der Waals surface area contributed by atoms with Crippen LogP contribution in [0.4, 0.5) is 11.5 Å². The summed E-state index contributed by atoms with van der Waals surface area (Å²) in [6, 6.07) is 0. The quantitative estimate of drug-likeness (QED) is 0.437. The minimum absolute atomic E-state index is 0.00317. The Morgan fingerprint density at radius 2 is 2.21 bits per heavy atom. The predicted octanol–water partition coefficient (Wildman–Crippen LogP) is 1.13. The van der Waals surface area contributed by atoms with Crippen molar-refractivity contribution >= 4 is 17.4 Å². The van der Waals surface area contributed by atoms with Crippen LogP contribution < -0.4 is 11.1 Å². The molecule has 0 unspecified atom stereocenters. The van der Waals surface area contributed by atoms with E-state index in [0.717, 1.165) is 0 Å². The lowest BCUT2D eigenvalue weighted by Gasteiger charge is -2.05. The van der Waals surface area contributed by atoms with Crippen molar-refractivity contribution < 1.29 is 9.72 Å². The number of hydrogen-bond donors (Lipinski definition) is 2. The van der Waals surface area contributed by atoms with Gasteiger partial charge in [-0.3, -0.25) is 14.9 Å². The van der Waals surface area contributed by atoms with Crippen LogP contribution in [0.25, 0.3) is 0 Å². The molecule has 0 radical (unpaired) electrons. The average Bonchev–Trinajstić information content (AvgIpc) is 2.62. The van der Waals surface area contributed by atoms with Crippen LogP contribution in [0.15, 0.2) is 0 Å². The Morgan fingerprint density at radius 3 is 2.68 bits per heavy atom. The predicted molar refractivity (Wildman–Crippen MR) is 70.9 cm³/mol. The van der Waals surface area contributed by atoms with E-state index < -0.39 is 4.92 Å². The second kappa shape index (κ2) is 6.17. The zero-order valence-electron chi connectivity index (χ0n) is 11.3. The summed E-state index contributed by atoms with van der Waals surface area (Å²) in [6.07, 6.45) is 0.768. The summed E-state index contributed by atoms with van der Waals surface area (Å²) in [5.41, 5.74) is 5.48. The van der Waals surface area contributed by atoms with E-state index in [-0.39, 0.29) is 23.9 Å². The molecular formula is C11H19N5O3. The second-order valence-corrected chi connectivity index (χ2v) is 4.61. The van der Waals surface area contributed by atoms with Crippen molar-refractivity contribution in [3.8, 4) is 0 Å². The number of aryl methyl sites for hydroxylation is 1. The molecule has 0 atom stereocenters. The third-order valence-electron chi connectivity index (χ3n) is 2.67. The first-order valence-electron chi connectivity index (χ1n) is 6.08. The molecule has 8 heteroatoms. The van der Waals surface area contributed by atoms with E-state index in [1.807, 2.05) is 13.8 Å². The molecule has 1 amide bonds. The number of nitrogens with zero attached hydrogens (tertiary/aromatic N) is 3. The van der Waals surface area contributed by atoms with Gasteiger partial charge in [0.15, 0.2) is 0 Å². The van der Waals surface area contributed by atoms with Crippen LogP contribution in [0.5, 0.6) is 0 Å². The number of nitro groups is 1. The van der Waals surface area contributed by atoms with Gasteiger partial charge >= 0.3 is 5.69 Å². The minimum Gasteiger partial charge on any atom is -0.370 e. The van der Waals surface area contributed by atoms with Gasteiger partial charge in [-0.15, -0.1) is 0 Å². The number of anilines is 1. The maximum Gasteiger partial charge on any atom is 0.334 e. The van der Waals surface area contributed by atoms with Gasteiger partial charge in [0.05, 0.1) is 4.92 Å². The summed E-state index contributed by atoms with van der Waals surface area (Å²) in [7, 11) is 1.65. The molecule has 0 aliphatic heterocycles. The smallest absolute Gasteiger partial charge is 0.334 e. The van der Waals surface area contributed by atoms with Crippen LogP contribution in [-0.2, 0) is 11.8 Å². The lowest BCUT2D eigenvalue weighted by Crippen LogP contribution is -2.14. The highest BCUT2D eigenvalue weighted by Gasteiger charge is 2.28. The molecule has 106 valence electrons.